The first kappa shape index (κ1) is 14.9. The van der Waals surface area contributed by atoms with Gasteiger partial charge in [-0.3, -0.25) is 10.1 Å². The Labute approximate surface area is 135 Å². The highest BCUT2D eigenvalue weighted by Crippen LogP contribution is 2.24. The lowest BCUT2D eigenvalue weighted by molar-refractivity contribution is -0.384. The van der Waals surface area contributed by atoms with Crippen LogP contribution in [0.2, 0.25) is 5.02 Å². The van der Waals surface area contributed by atoms with Crippen molar-refractivity contribution in [3.05, 3.63) is 80.5 Å². The highest BCUT2D eigenvalue weighted by atomic mass is 35.5. The number of non-ortho nitro benzene ring substituents is 1. The summed E-state index contributed by atoms with van der Waals surface area (Å²) in [5.74, 6) is -0.524. The lowest BCUT2D eigenvalue weighted by atomic mass is 10.1. The molecule has 0 fully saturated rings. The van der Waals surface area contributed by atoms with E-state index in [1.807, 2.05) is 0 Å². The van der Waals surface area contributed by atoms with Crippen molar-refractivity contribution in [3.8, 4) is 0 Å². The monoisotopic (exact) mass is 328 g/mol. The predicted molar refractivity (Wildman–Crippen MR) is 85.2 cm³/mol. The molecule has 1 heterocycles. The lowest BCUT2D eigenvalue weighted by Crippen LogP contribution is -2.05. The Bertz CT molecular complexity index is 874. The topological polar surface area (TPSA) is 81.8 Å². The first-order valence-corrected chi connectivity index (χ1v) is 6.94. The van der Waals surface area contributed by atoms with Crippen molar-refractivity contribution in [3.63, 3.8) is 0 Å². The van der Waals surface area contributed by atoms with Gasteiger partial charge < -0.3 is 4.74 Å². The van der Waals surface area contributed by atoms with E-state index in [4.69, 9.17) is 16.3 Å². The Morgan fingerprint density at radius 1 is 1.17 bits per heavy atom. The Morgan fingerprint density at radius 3 is 2.70 bits per heavy atom. The molecule has 1 aliphatic heterocycles. The Morgan fingerprint density at radius 2 is 1.96 bits per heavy atom. The third-order valence-electron chi connectivity index (χ3n) is 3.11. The Balaban J connectivity index is 1.97. The van der Waals surface area contributed by atoms with Gasteiger partial charge in [0.2, 0.25) is 5.90 Å². The van der Waals surface area contributed by atoms with Crippen molar-refractivity contribution in [1.82, 2.24) is 0 Å². The van der Waals surface area contributed by atoms with Gasteiger partial charge >= 0.3 is 5.97 Å². The number of halogens is 1. The van der Waals surface area contributed by atoms with Crippen molar-refractivity contribution in [1.29, 1.82) is 0 Å². The second-order valence-electron chi connectivity index (χ2n) is 4.67. The second-order valence-corrected chi connectivity index (χ2v) is 5.08. The highest BCUT2D eigenvalue weighted by molar-refractivity contribution is 6.34. The molecule has 2 aromatic rings. The van der Waals surface area contributed by atoms with Crippen LogP contribution in [0, 0.1) is 10.1 Å². The van der Waals surface area contributed by atoms with Crippen molar-refractivity contribution in [2.75, 3.05) is 0 Å². The van der Waals surface area contributed by atoms with Gasteiger partial charge in [-0.15, -0.1) is 0 Å². The quantitative estimate of drug-likeness (QED) is 0.373. The van der Waals surface area contributed by atoms with Crippen LogP contribution in [-0.4, -0.2) is 16.8 Å². The molecule has 1 aliphatic rings. The molecule has 0 radical (unpaired) electrons. The SMILES string of the molecule is O=C1OC(c2ccccc2Cl)=N/C1=C/c1cccc([N+](=O)[O-])c1. The normalized spacial score (nSPS) is 15.4. The average Bonchev–Trinajstić information content (AvgIpc) is 2.89. The molecule has 0 aromatic heterocycles. The average molecular weight is 329 g/mol. The molecular formula is C16H9ClN2O4. The van der Waals surface area contributed by atoms with Crippen LogP contribution in [0.15, 0.2) is 59.2 Å². The van der Waals surface area contributed by atoms with Crippen molar-refractivity contribution in [2.24, 2.45) is 4.99 Å². The summed E-state index contributed by atoms with van der Waals surface area (Å²) >= 11 is 6.05. The van der Waals surface area contributed by atoms with Crippen molar-refractivity contribution in [2.45, 2.75) is 0 Å². The zero-order valence-corrected chi connectivity index (χ0v) is 12.4. The first-order valence-electron chi connectivity index (χ1n) is 6.56. The van der Waals surface area contributed by atoms with E-state index in [0.29, 0.717) is 16.1 Å². The molecule has 3 rings (SSSR count). The maximum Gasteiger partial charge on any atom is 0.363 e. The number of benzene rings is 2. The van der Waals surface area contributed by atoms with Gasteiger partial charge in [0.05, 0.1) is 15.5 Å². The summed E-state index contributed by atoms with van der Waals surface area (Å²) in [5.41, 5.74) is 0.974. The number of carbonyl (C=O) groups is 1. The molecule has 0 N–H and O–H groups in total. The fraction of sp³-hybridized carbons (Fsp3) is 0. The molecule has 0 bridgehead atoms. The maximum atomic E-state index is 11.9. The first-order chi connectivity index (χ1) is 11.0. The van der Waals surface area contributed by atoms with Crippen LogP contribution in [0.1, 0.15) is 11.1 Å². The number of ether oxygens (including phenoxy) is 1. The second kappa shape index (κ2) is 6.02. The number of nitro groups is 1. The van der Waals surface area contributed by atoms with Crippen LogP contribution in [0.3, 0.4) is 0 Å². The molecule has 0 unspecified atom stereocenters. The standard InChI is InChI=1S/C16H9ClN2O4/c17-13-7-2-1-6-12(13)15-18-14(16(20)23-15)9-10-4-3-5-11(8-10)19(21)22/h1-9H/b14-9+. The van der Waals surface area contributed by atoms with Gasteiger partial charge in [0, 0.05) is 12.1 Å². The smallest absolute Gasteiger partial charge is 0.363 e. The van der Waals surface area contributed by atoms with Crippen LogP contribution in [0.25, 0.3) is 6.08 Å². The van der Waals surface area contributed by atoms with E-state index in [9.17, 15) is 14.9 Å². The molecule has 0 saturated carbocycles. The van der Waals surface area contributed by atoms with E-state index in [0.717, 1.165) is 0 Å². The van der Waals surface area contributed by atoms with Gasteiger partial charge in [0.1, 0.15) is 0 Å². The third kappa shape index (κ3) is 3.12. The number of aliphatic imine (C=N–C) groups is 1. The number of hydrogen-bond acceptors (Lipinski definition) is 5. The van der Waals surface area contributed by atoms with Gasteiger partial charge in [0.25, 0.3) is 5.69 Å². The van der Waals surface area contributed by atoms with Crippen LogP contribution in [0.5, 0.6) is 0 Å². The number of carbonyl (C=O) groups excluding carboxylic acids is 1. The minimum Gasteiger partial charge on any atom is -0.402 e. The summed E-state index contributed by atoms with van der Waals surface area (Å²) in [7, 11) is 0. The van der Waals surface area contributed by atoms with Gasteiger partial charge in [-0.1, -0.05) is 35.9 Å². The van der Waals surface area contributed by atoms with E-state index in [2.05, 4.69) is 4.99 Å². The van der Waals surface area contributed by atoms with Crippen LogP contribution in [-0.2, 0) is 9.53 Å². The Hall–Kier alpha value is -2.99. The largest absolute Gasteiger partial charge is 0.402 e. The van der Waals surface area contributed by atoms with Gasteiger partial charge in [-0.05, 0) is 23.8 Å². The van der Waals surface area contributed by atoms with Gasteiger partial charge in [-0.2, -0.15) is 0 Å². The summed E-state index contributed by atoms with van der Waals surface area (Å²) in [6.07, 6.45) is 1.43. The number of nitro benzene ring substituents is 1. The molecule has 6 nitrogen and oxygen atoms in total. The molecule has 0 atom stereocenters. The molecule has 0 spiro atoms. The zero-order chi connectivity index (χ0) is 16.4. The number of nitrogens with zero attached hydrogens (tertiary/aromatic N) is 2. The van der Waals surface area contributed by atoms with Crippen molar-refractivity contribution >= 4 is 35.2 Å². The highest BCUT2D eigenvalue weighted by Gasteiger charge is 2.25. The molecule has 23 heavy (non-hydrogen) atoms. The molecular weight excluding hydrogens is 320 g/mol. The van der Waals surface area contributed by atoms with Crippen molar-refractivity contribution < 1.29 is 14.5 Å². The molecule has 7 heteroatoms. The van der Waals surface area contributed by atoms with Gasteiger partial charge in [-0.25, -0.2) is 9.79 Å². The van der Waals surface area contributed by atoms with Crippen LogP contribution < -0.4 is 0 Å². The van der Waals surface area contributed by atoms with E-state index >= 15 is 0 Å². The number of rotatable bonds is 3. The molecule has 0 saturated heterocycles. The van der Waals surface area contributed by atoms with E-state index in [1.165, 1.54) is 24.3 Å². The molecule has 0 aliphatic carbocycles. The van der Waals surface area contributed by atoms with E-state index < -0.39 is 10.9 Å². The summed E-state index contributed by atoms with van der Waals surface area (Å²) in [6.45, 7) is 0. The number of hydrogen-bond donors (Lipinski definition) is 0. The third-order valence-corrected chi connectivity index (χ3v) is 3.44. The fourth-order valence-electron chi connectivity index (χ4n) is 2.05. The lowest BCUT2D eigenvalue weighted by Gasteiger charge is -2.00. The number of cyclic esters (lactones) is 1. The molecule has 2 aromatic carbocycles. The fourth-order valence-corrected chi connectivity index (χ4v) is 2.26. The Kier molecular flexibility index (Phi) is 3.91. The maximum absolute atomic E-state index is 11.9. The van der Waals surface area contributed by atoms with Gasteiger partial charge in [0.15, 0.2) is 5.70 Å². The number of esters is 1. The summed E-state index contributed by atoms with van der Waals surface area (Å²) in [4.78, 5) is 26.3. The van der Waals surface area contributed by atoms with Crippen LogP contribution in [0.4, 0.5) is 5.69 Å². The summed E-state index contributed by atoms with van der Waals surface area (Å²) in [5, 5.41) is 11.2. The minimum absolute atomic E-state index is 0.0559. The molecule has 0 amide bonds. The zero-order valence-electron chi connectivity index (χ0n) is 11.6. The van der Waals surface area contributed by atoms with E-state index in [1.54, 1.807) is 30.3 Å². The summed E-state index contributed by atoms with van der Waals surface area (Å²) < 4.78 is 5.12. The van der Waals surface area contributed by atoms with E-state index in [-0.39, 0.29) is 17.3 Å². The molecule has 114 valence electrons. The summed E-state index contributed by atoms with van der Waals surface area (Å²) in [6, 6.07) is 12.7. The van der Waals surface area contributed by atoms with Crippen LogP contribution >= 0.6 is 11.6 Å². The predicted octanol–water partition coefficient (Wildman–Crippen LogP) is 3.59. The minimum atomic E-state index is -0.633.